The number of rotatable bonds is 0. The van der Waals surface area contributed by atoms with Crippen molar-refractivity contribution in [3.63, 3.8) is 0 Å². The third-order valence-corrected chi connectivity index (χ3v) is 4.72. The van der Waals surface area contributed by atoms with Gasteiger partial charge in [0.1, 0.15) is 0 Å². The van der Waals surface area contributed by atoms with E-state index in [1.807, 2.05) is 0 Å². The van der Waals surface area contributed by atoms with E-state index in [1.54, 1.807) is 0 Å². The summed E-state index contributed by atoms with van der Waals surface area (Å²) in [6.07, 6.45) is 6.66. The molecule has 0 heterocycles. The van der Waals surface area contributed by atoms with Gasteiger partial charge in [-0.3, -0.25) is 0 Å². The molecule has 0 saturated carbocycles. The third kappa shape index (κ3) is 1.43. The van der Waals surface area contributed by atoms with Crippen LogP contribution in [0.3, 0.4) is 0 Å². The van der Waals surface area contributed by atoms with Gasteiger partial charge in [0.15, 0.2) is 0 Å². The van der Waals surface area contributed by atoms with Crippen molar-refractivity contribution < 1.29 is 0 Å². The Bertz CT molecular complexity index is 952. The first-order valence-electron chi connectivity index (χ1n) is 7.64. The maximum atomic E-state index is 3.73. The molecule has 0 spiro atoms. The average Bonchev–Trinajstić information content (AvgIpc) is 3.18. The van der Waals surface area contributed by atoms with E-state index in [0.29, 0.717) is 0 Å². The van der Waals surface area contributed by atoms with Gasteiger partial charge in [0.25, 0.3) is 0 Å². The minimum atomic E-state index is 1.23. The van der Waals surface area contributed by atoms with Crippen molar-refractivity contribution in [2.24, 2.45) is 0 Å². The van der Waals surface area contributed by atoms with E-state index >= 15 is 0 Å². The fraction of sp³-hybridized carbons (Fsp3) is 0.0455. The van der Waals surface area contributed by atoms with Crippen LogP contribution in [0.15, 0.2) is 94.8 Å². The van der Waals surface area contributed by atoms with E-state index in [1.165, 1.54) is 50.1 Å². The first-order chi connectivity index (χ1) is 10.8. The van der Waals surface area contributed by atoms with E-state index in [2.05, 4.69) is 79.4 Å². The molecule has 22 heavy (non-hydrogen) atoms. The fourth-order valence-electron chi connectivity index (χ4n) is 3.67. The molecule has 0 atom stereocenters. The molecule has 0 nitrogen and oxygen atoms in total. The maximum Gasteiger partial charge on any atom is 0.0328 e. The van der Waals surface area contributed by atoms with Crippen LogP contribution in [0.4, 0.5) is 0 Å². The molecule has 2 aromatic rings. The van der Waals surface area contributed by atoms with E-state index in [0.717, 1.165) is 0 Å². The lowest BCUT2D eigenvalue weighted by molar-refractivity contribution is 1.48. The third-order valence-electron chi connectivity index (χ3n) is 4.72. The Hall–Kier alpha value is -2.82. The molecule has 3 aliphatic carbocycles. The molecule has 3 aliphatic rings. The van der Waals surface area contributed by atoms with Crippen molar-refractivity contribution >= 4 is 5.57 Å². The summed E-state index contributed by atoms with van der Waals surface area (Å²) in [6, 6.07) is 17.3. The maximum absolute atomic E-state index is 3.73. The molecule has 0 saturated heterocycles. The summed E-state index contributed by atoms with van der Waals surface area (Å²) in [4.78, 5) is 0. The van der Waals surface area contributed by atoms with Crippen LogP contribution in [0.25, 0.3) is 16.7 Å². The summed E-state index contributed by atoms with van der Waals surface area (Å²) in [5.41, 5.74) is 15.4. The van der Waals surface area contributed by atoms with Crippen LogP contribution in [0, 0.1) is 0 Å². The van der Waals surface area contributed by atoms with Crippen molar-refractivity contribution in [2.45, 2.75) is 6.92 Å². The monoisotopic (exact) mass is 278 g/mol. The summed E-state index contributed by atoms with van der Waals surface area (Å²) < 4.78 is 0. The molecule has 2 bridgehead atoms. The van der Waals surface area contributed by atoms with Crippen LogP contribution in [0.2, 0.25) is 0 Å². The summed E-state index contributed by atoms with van der Waals surface area (Å²) >= 11 is 0. The van der Waals surface area contributed by atoms with Crippen LogP contribution in [0.1, 0.15) is 18.1 Å². The zero-order valence-electron chi connectivity index (χ0n) is 12.4. The van der Waals surface area contributed by atoms with E-state index in [4.69, 9.17) is 0 Å². The zero-order chi connectivity index (χ0) is 14.7. The van der Waals surface area contributed by atoms with E-state index in [-0.39, 0.29) is 0 Å². The molecular weight excluding hydrogens is 264 g/mol. The molecule has 0 unspecified atom stereocenters. The van der Waals surface area contributed by atoms with Crippen molar-refractivity contribution in [3.05, 3.63) is 106 Å². The van der Waals surface area contributed by atoms with Crippen molar-refractivity contribution in [1.82, 2.24) is 0 Å². The molecule has 102 valence electrons. The zero-order valence-corrected chi connectivity index (χ0v) is 12.4. The molecule has 0 aliphatic heterocycles. The second-order valence-corrected chi connectivity index (χ2v) is 6.00. The van der Waals surface area contributed by atoms with Gasteiger partial charge in [-0.1, -0.05) is 66.8 Å². The summed E-state index contributed by atoms with van der Waals surface area (Å²) in [5, 5.41) is 0. The Morgan fingerprint density at radius 2 is 1.27 bits per heavy atom. The van der Waals surface area contributed by atoms with Crippen molar-refractivity contribution in [2.75, 3.05) is 0 Å². The topological polar surface area (TPSA) is 0 Å². The molecule has 2 aromatic carbocycles. The van der Waals surface area contributed by atoms with Crippen LogP contribution in [-0.4, -0.2) is 0 Å². The summed E-state index contributed by atoms with van der Waals surface area (Å²) in [6.45, 7) is 2.18. The SMILES string of the molecule is CC1=C2C=CC(=C1)C2=C=C1c2ccccc2-c2ccccc21. The number of hydrogen-bond donors (Lipinski definition) is 0. The molecule has 0 amide bonds. The van der Waals surface area contributed by atoms with Crippen LogP contribution >= 0.6 is 0 Å². The molecule has 0 fully saturated rings. The molecule has 5 rings (SSSR count). The molecular formula is C22H14. The van der Waals surface area contributed by atoms with Crippen LogP contribution in [-0.2, 0) is 0 Å². The highest BCUT2D eigenvalue weighted by Crippen LogP contribution is 2.45. The Balaban J connectivity index is 1.88. The van der Waals surface area contributed by atoms with Gasteiger partial charge in [0.05, 0.1) is 0 Å². The minimum absolute atomic E-state index is 1.23. The van der Waals surface area contributed by atoms with Gasteiger partial charge < -0.3 is 0 Å². The van der Waals surface area contributed by atoms with Gasteiger partial charge >= 0.3 is 0 Å². The second kappa shape index (κ2) is 4.10. The highest BCUT2D eigenvalue weighted by atomic mass is 14.3. The standard InChI is InChI=1S/C22H14/c1-14-12-15-10-11-16(14)21(15)13-22-19-8-4-2-6-17(19)18-7-3-5-9-20(18)22/h2-12H,1H3. The molecule has 0 N–H and O–H groups in total. The lowest BCUT2D eigenvalue weighted by Crippen LogP contribution is -1.82. The number of allylic oxidation sites excluding steroid dienone is 7. The van der Waals surface area contributed by atoms with Gasteiger partial charge in [-0.15, -0.1) is 5.73 Å². The second-order valence-electron chi connectivity index (χ2n) is 6.00. The van der Waals surface area contributed by atoms with Crippen molar-refractivity contribution in [1.29, 1.82) is 0 Å². The first kappa shape index (κ1) is 11.8. The normalized spacial score (nSPS) is 16.9. The average molecular weight is 278 g/mol. The highest BCUT2D eigenvalue weighted by molar-refractivity contribution is 6.01. The number of fused-ring (bicyclic) bond motifs is 5. The van der Waals surface area contributed by atoms with Crippen LogP contribution < -0.4 is 0 Å². The van der Waals surface area contributed by atoms with Crippen LogP contribution in [0.5, 0.6) is 0 Å². The summed E-state index contributed by atoms with van der Waals surface area (Å²) in [5.74, 6) is 0. The van der Waals surface area contributed by atoms with E-state index in [9.17, 15) is 0 Å². The first-order valence-corrected chi connectivity index (χ1v) is 7.64. The molecule has 0 radical (unpaired) electrons. The van der Waals surface area contributed by atoms with Gasteiger partial charge in [-0.25, -0.2) is 0 Å². The summed E-state index contributed by atoms with van der Waals surface area (Å²) in [7, 11) is 0. The Kier molecular flexibility index (Phi) is 2.20. The van der Waals surface area contributed by atoms with Gasteiger partial charge in [-0.05, 0) is 45.9 Å². The quantitative estimate of drug-likeness (QED) is 0.480. The van der Waals surface area contributed by atoms with Gasteiger partial charge in [-0.2, -0.15) is 0 Å². The molecule has 0 heteroatoms. The smallest absolute Gasteiger partial charge is 0.0328 e. The Morgan fingerprint density at radius 3 is 1.77 bits per heavy atom. The van der Waals surface area contributed by atoms with Crippen molar-refractivity contribution in [3.8, 4) is 11.1 Å². The largest absolute Gasteiger partial charge is 0.102 e. The number of benzene rings is 2. The van der Waals surface area contributed by atoms with Gasteiger partial charge in [0.2, 0.25) is 0 Å². The highest BCUT2D eigenvalue weighted by Gasteiger charge is 2.25. The predicted molar refractivity (Wildman–Crippen MR) is 91.3 cm³/mol. The Labute approximate surface area is 130 Å². The lowest BCUT2D eigenvalue weighted by Gasteiger charge is -2.00. The predicted octanol–water partition coefficient (Wildman–Crippen LogP) is 5.45. The van der Waals surface area contributed by atoms with Gasteiger partial charge in [0, 0.05) is 11.1 Å². The van der Waals surface area contributed by atoms with E-state index < -0.39 is 0 Å². The fourth-order valence-corrected chi connectivity index (χ4v) is 3.67. The lowest BCUT2D eigenvalue weighted by atomic mass is 10.0. The number of hydrogen-bond acceptors (Lipinski definition) is 0. The Morgan fingerprint density at radius 1 is 0.682 bits per heavy atom. The molecule has 0 aromatic heterocycles. The minimum Gasteiger partial charge on any atom is -0.102 e.